The average molecular weight is 250 g/mol. The Bertz CT molecular complexity index is 481. The van der Waals surface area contributed by atoms with Gasteiger partial charge < -0.3 is 5.11 Å². The first-order valence-electron chi connectivity index (χ1n) is 5.65. The predicted octanol–water partition coefficient (Wildman–Crippen LogP) is 3.73. The Balaban J connectivity index is 2.34. The molecule has 1 aromatic carbocycles. The third-order valence-corrected chi connectivity index (χ3v) is 3.88. The second-order valence-electron chi connectivity index (χ2n) is 4.12. The van der Waals surface area contributed by atoms with Crippen molar-refractivity contribution in [3.63, 3.8) is 0 Å². The molecule has 0 spiro atoms. The van der Waals surface area contributed by atoms with Gasteiger partial charge in [0.15, 0.2) is 0 Å². The molecular weight excluding hydrogens is 235 g/mol. The van der Waals surface area contributed by atoms with E-state index in [9.17, 15) is 9.50 Å². The molecule has 1 aromatic heterocycles. The summed E-state index contributed by atoms with van der Waals surface area (Å²) in [5.74, 6) is -0.339. The molecule has 90 valence electrons. The Morgan fingerprint density at radius 1 is 1.24 bits per heavy atom. The standard InChI is InChI=1S/C14H15FOS/c1-2-14(16,10-11-6-5-9-17-11)12-7-3-4-8-13(12)15/h3-9,16H,2,10H2,1H3. The van der Waals surface area contributed by atoms with Gasteiger partial charge in [0, 0.05) is 16.9 Å². The number of rotatable bonds is 4. The van der Waals surface area contributed by atoms with Gasteiger partial charge in [0.1, 0.15) is 5.82 Å². The van der Waals surface area contributed by atoms with Gasteiger partial charge in [0.2, 0.25) is 0 Å². The highest BCUT2D eigenvalue weighted by molar-refractivity contribution is 7.09. The molecule has 3 heteroatoms. The summed E-state index contributed by atoms with van der Waals surface area (Å²) in [7, 11) is 0. The highest BCUT2D eigenvalue weighted by Crippen LogP contribution is 2.32. The minimum Gasteiger partial charge on any atom is -0.385 e. The molecule has 0 radical (unpaired) electrons. The van der Waals surface area contributed by atoms with Crippen molar-refractivity contribution in [2.75, 3.05) is 0 Å². The molecule has 1 unspecified atom stereocenters. The lowest BCUT2D eigenvalue weighted by atomic mass is 9.87. The van der Waals surface area contributed by atoms with Crippen LogP contribution in [0.1, 0.15) is 23.8 Å². The van der Waals surface area contributed by atoms with Crippen LogP contribution < -0.4 is 0 Å². The van der Waals surface area contributed by atoms with Crippen LogP contribution in [0.4, 0.5) is 4.39 Å². The van der Waals surface area contributed by atoms with Crippen LogP contribution in [0.5, 0.6) is 0 Å². The second-order valence-corrected chi connectivity index (χ2v) is 5.15. The monoisotopic (exact) mass is 250 g/mol. The summed E-state index contributed by atoms with van der Waals surface area (Å²) in [5, 5.41) is 12.6. The highest BCUT2D eigenvalue weighted by atomic mass is 32.1. The van der Waals surface area contributed by atoms with Crippen LogP contribution in [0.25, 0.3) is 0 Å². The van der Waals surface area contributed by atoms with Crippen LogP contribution in [0.3, 0.4) is 0 Å². The lowest BCUT2D eigenvalue weighted by molar-refractivity contribution is 0.0300. The Kier molecular flexibility index (Phi) is 3.60. The van der Waals surface area contributed by atoms with E-state index in [1.807, 2.05) is 24.4 Å². The number of aliphatic hydroxyl groups is 1. The summed E-state index contributed by atoms with van der Waals surface area (Å²) >= 11 is 1.58. The zero-order valence-electron chi connectivity index (χ0n) is 9.69. The molecule has 2 aromatic rings. The molecule has 1 heterocycles. The second kappa shape index (κ2) is 4.98. The molecule has 17 heavy (non-hydrogen) atoms. The van der Waals surface area contributed by atoms with Crippen LogP contribution in [-0.4, -0.2) is 5.11 Å². The van der Waals surface area contributed by atoms with Crippen LogP contribution in [0.2, 0.25) is 0 Å². The number of hydrogen-bond donors (Lipinski definition) is 1. The highest BCUT2D eigenvalue weighted by Gasteiger charge is 2.30. The zero-order chi connectivity index (χ0) is 12.3. The lowest BCUT2D eigenvalue weighted by Crippen LogP contribution is -2.28. The maximum atomic E-state index is 13.7. The molecule has 0 bridgehead atoms. The molecule has 0 aliphatic heterocycles. The topological polar surface area (TPSA) is 20.2 Å². The van der Waals surface area contributed by atoms with Crippen LogP contribution in [0, 0.1) is 5.82 Å². The van der Waals surface area contributed by atoms with Gasteiger partial charge >= 0.3 is 0 Å². The molecule has 0 saturated carbocycles. The molecule has 0 aliphatic rings. The van der Waals surface area contributed by atoms with Gasteiger partial charge in [-0.2, -0.15) is 0 Å². The normalized spacial score (nSPS) is 14.5. The van der Waals surface area contributed by atoms with Gasteiger partial charge in [-0.25, -0.2) is 4.39 Å². The summed E-state index contributed by atoms with van der Waals surface area (Å²) in [6, 6.07) is 10.4. The minimum atomic E-state index is -1.11. The number of benzene rings is 1. The smallest absolute Gasteiger partial charge is 0.129 e. The van der Waals surface area contributed by atoms with Crippen molar-refractivity contribution in [2.24, 2.45) is 0 Å². The van der Waals surface area contributed by atoms with Gasteiger partial charge in [-0.15, -0.1) is 11.3 Å². The molecule has 0 fully saturated rings. The van der Waals surface area contributed by atoms with Crippen molar-refractivity contribution in [1.82, 2.24) is 0 Å². The van der Waals surface area contributed by atoms with Crippen molar-refractivity contribution in [1.29, 1.82) is 0 Å². The van der Waals surface area contributed by atoms with E-state index in [4.69, 9.17) is 0 Å². The SMILES string of the molecule is CCC(O)(Cc1cccs1)c1ccccc1F. The molecule has 1 atom stereocenters. The van der Waals surface area contributed by atoms with Gasteiger partial charge in [-0.05, 0) is 23.9 Å². The summed E-state index contributed by atoms with van der Waals surface area (Å²) < 4.78 is 13.7. The zero-order valence-corrected chi connectivity index (χ0v) is 10.5. The van der Waals surface area contributed by atoms with Gasteiger partial charge in [0.25, 0.3) is 0 Å². The van der Waals surface area contributed by atoms with E-state index in [1.165, 1.54) is 6.07 Å². The van der Waals surface area contributed by atoms with Crippen LogP contribution in [-0.2, 0) is 12.0 Å². The van der Waals surface area contributed by atoms with Crippen molar-refractivity contribution in [3.05, 3.63) is 58.0 Å². The van der Waals surface area contributed by atoms with Crippen LogP contribution in [0.15, 0.2) is 41.8 Å². The summed E-state index contributed by atoms with van der Waals surface area (Å²) in [4.78, 5) is 1.07. The summed E-state index contributed by atoms with van der Waals surface area (Å²) in [5.41, 5.74) is -0.730. The van der Waals surface area contributed by atoms with E-state index in [2.05, 4.69) is 0 Å². The fraction of sp³-hybridized carbons (Fsp3) is 0.286. The van der Waals surface area contributed by atoms with Crippen molar-refractivity contribution in [2.45, 2.75) is 25.4 Å². The Morgan fingerprint density at radius 3 is 2.59 bits per heavy atom. The number of hydrogen-bond acceptors (Lipinski definition) is 2. The van der Waals surface area contributed by atoms with Crippen molar-refractivity contribution < 1.29 is 9.50 Å². The van der Waals surface area contributed by atoms with Gasteiger partial charge in [0.05, 0.1) is 5.60 Å². The van der Waals surface area contributed by atoms with E-state index in [-0.39, 0.29) is 5.82 Å². The predicted molar refractivity (Wildman–Crippen MR) is 68.6 cm³/mol. The van der Waals surface area contributed by atoms with Gasteiger partial charge in [-0.3, -0.25) is 0 Å². The molecule has 1 N–H and O–H groups in total. The fourth-order valence-corrected chi connectivity index (χ4v) is 2.76. The Hall–Kier alpha value is -1.19. The maximum Gasteiger partial charge on any atom is 0.129 e. The van der Waals surface area contributed by atoms with E-state index >= 15 is 0 Å². The third-order valence-electron chi connectivity index (χ3n) is 3.01. The van der Waals surface area contributed by atoms with E-state index < -0.39 is 5.60 Å². The molecule has 0 aliphatic carbocycles. The van der Waals surface area contributed by atoms with Crippen LogP contribution >= 0.6 is 11.3 Å². The molecule has 1 nitrogen and oxygen atoms in total. The first kappa shape index (κ1) is 12.3. The summed E-state index contributed by atoms with van der Waals surface area (Å²) in [6.45, 7) is 1.88. The largest absolute Gasteiger partial charge is 0.385 e. The van der Waals surface area contributed by atoms with Gasteiger partial charge in [-0.1, -0.05) is 31.2 Å². The minimum absolute atomic E-state index is 0.339. The Morgan fingerprint density at radius 2 is 2.00 bits per heavy atom. The Labute approximate surface area is 105 Å². The maximum absolute atomic E-state index is 13.7. The molecule has 2 rings (SSSR count). The molecular formula is C14H15FOS. The van der Waals surface area contributed by atoms with Crippen molar-refractivity contribution in [3.8, 4) is 0 Å². The number of halogens is 1. The fourth-order valence-electron chi connectivity index (χ4n) is 1.95. The average Bonchev–Trinajstić information content (AvgIpc) is 2.82. The summed E-state index contributed by atoms with van der Waals surface area (Å²) in [6.07, 6.45) is 0.952. The quantitative estimate of drug-likeness (QED) is 0.876. The first-order chi connectivity index (χ1) is 8.15. The third kappa shape index (κ3) is 2.56. The molecule has 0 saturated heterocycles. The van der Waals surface area contributed by atoms with E-state index in [0.29, 0.717) is 18.4 Å². The first-order valence-corrected chi connectivity index (χ1v) is 6.53. The van der Waals surface area contributed by atoms with E-state index in [1.54, 1.807) is 29.5 Å². The van der Waals surface area contributed by atoms with Crippen molar-refractivity contribution >= 4 is 11.3 Å². The lowest BCUT2D eigenvalue weighted by Gasteiger charge is -2.27. The number of thiophene rings is 1. The van der Waals surface area contributed by atoms with E-state index in [0.717, 1.165) is 4.88 Å². The molecule has 0 amide bonds.